The molecule has 0 bridgehead atoms. The number of ether oxygens (including phenoxy) is 3. The number of aryl methyl sites for hydroxylation is 1. The molecule has 0 fully saturated rings. The average Bonchev–Trinajstić information content (AvgIpc) is 2.72. The number of carbonyl (C=O) groups is 2. The molecule has 0 aromatic heterocycles. The van der Waals surface area contributed by atoms with Crippen molar-refractivity contribution in [3.8, 4) is 17.2 Å². The van der Waals surface area contributed by atoms with Gasteiger partial charge in [-0.1, -0.05) is 18.2 Å². The third-order valence-corrected chi connectivity index (χ3v) is 4.48. The lowest BCUT2D eigenvalue weighted by molar-refractivity contribution is -0.127. The third-order valence-electron chi connectivity index (χ3n) is 3.79. The molecule has 0 unspecified atom stereocenters. The second kappa shape index (κ2) is 11.1. The Hall–Kier alpha value is -3.07. The van der Waals surface area contributed by atoms with Gasteiger partial charge in [-0.05, 0) is 46.6 Å². The Morgan fingerprint density at radius 1 is 1.07 bits per heavy atom. The van der Waals surface area contributed by atoms with Gasteiger partial charge in [-0.3, -0.25) is 9.59 Å². The summed E-state index contributed by atoms with van der Waals surface area (Å²) in [6.45, 7) is 1.48. The van der Waals surface area contributed by atoms with E-state index in [1.54, 1.807) is 25.3 Å². The van der Waals surface area contributed by atoms with E-state index < -0.39 is 11.8 Å². The highest BCUT2D eigenvalue weighted by atomic mass is 79.9. The van der Waals surface area contributed by atoms with E-state index in [0.717, 1.165) is 10.0 Å². The Morgan fingerprint density at radius 3 is 2.45 bits per heavy atom. The van der Waals surface area contributed by atoms with E-state index in [9.17, 15) is 9.59 Å². The molecule has 0 saturated heterocycles. The number of amides is 2. The second-order valence-corrected chi connectivity index (χ2v) is 6.71. The maximum atomic E-state index is 11.8. The van der Waals surface area contributed by atoms with E-state index in [0.29, 0.717) is 22.8 Å². The van der Waals surface area contributed by atoms with Crippen LogP contribution in [0.15, 0.2) is 46.0 Å². The molecule has 29 heavy (non-hydrogen) atoms. The first-order chi connectivity index (χ1) is 13.9. The molecule has 2 N–H and O–H groups in total. The maximum Gasteiger partial charge on any atom is 0.259 e. The van der Waals surface area contributed by atoms with Gasteiger partial charge in [-0.25, -0.2) is 5.43 Å². The molecule has 8 nitrogen and oxygen atoms in total. The molecule has 2 aromatic rings. The van der Waals surface area contributed by atoms with Gasteiger partial charge in [0.25, 0.3) is 11.8 Å². The van der Waals surface area contributed by atoms with Gasteiger partial charge in [-0.15, -0.1) is 0 Å². The number of rotatable bonds is 9. The van der Waals surface area contributed by atoms with E-state index in [2.05, 4.69) is 31.8 Å². The van der Waals surface area contributed by atoms with Crippen LogP contribution in [0.2, 0.25) is 0 Å². The minimum atomic E-state index is -0.470. The molecule has 0 aliphatic rings. The van der Waals surface area contributed by atoms with Crippen molar-refractivity contribution in [2.24, 2.45) is 5.10 Å². The molecule has 2 amide bonds. The summed E-state index contributed by atoms with van der Waals surface area (Å²) in [7, 11) is 3.07. The first-order valence-corrected chi connectivity index (χ1v) is 9.42. The SMILES string of the molecule is COc1cc(Br)c(C=NNC(=O)CNC(=O)COc2ccccc2C)cc1OC. The predicted molar refractivity (Wildman–Crippen MR) is 113 cm³/mol. The van der Waals surface area contributed by atoms with Crippen molar-refractivity contribution in [1.82, 2.24) is 10.7 Å². The number of nitrogens with zero attached hydrogens (tertiary/aromatic N) is 1. The Bertz CT molecular complexity index is 902. The van der Waals surface area contributed by atoms with Crippen LogP contribution in [-0.2, 0) is 9.59 Å². The topological polar surface area (TPSA) is 98.2 Å². The molecule has 0 atom stereocenters. The zero-order valence-corrected chi connectivity index (χ0v) is 17.9. The second-order valence-electron chi connectivity index (χ2n) is 5.85. The predicted octanol–water partition coefficient (Wildman–Crippen LogP) is 2.42. The number of para-hydroxylation sites is 1. The molecule has 0 saturated carbocycles. The summed E-state index contributed by atoms with van der Waals surface area (Å²) < 4.78 is 16.6. The number of benzene rings is 2. The Morgan fingerprint density at radius 2 is 1.76 bits per heavy atom. The molecule has 0 aliphatic heterocycles. The van der Waals surface area contributed by atoms with Gasteiger partial charge >= 0.3 is 0 Å². The van der Waals surface area contributed by atoms with Gasteiger partial charge in [-0.2, -0.15) is 5.10 Å². The molecular formula is C20H22BrN3O5. The average molecular weight is 464 g/mol. The first-order valence-electron chi connectivity index (χ1n) is 8.63. The molecule has 0 spiro atoms. The van der Waals surface area contributed by atoms with Crippen LogP contribution in [0.4, 0.5) is 0 Å². The molecule has 0 heterocycles. The van der Waals surface area contributed by atoms with Crippen LogP contribution < -0.4 is 25.0 Å². The van der Waals surface area contributed by atoms with Crippen LogP contribution in [0.25, 0.3) is 0 Å². The molecule has 9 heteroatoms. The first kappa shape index (κ1) is 22.2. The zero-order valence-electron chi connectivity index (χ0n) is 16.3. The number of methoxy groups -OCH3 is 2. The highest BCUT2D eigenvalue weighted by Gasteiger charge is 2.09. The van der Waals surface area contributed by atoms with Crippen LogP contribution in [0.3, 0.4) is 0 Å². The number of nitrogens with one attached hydrogen (secondary N) is 2. The summed E-state index contributed by atoms with van der Waals surface area (Å²) in [4.78, 5) is 23.7. The fourth-order valence-electron chi connectivity index (χ4n) is 2.27. The smallest absolute Gasteiger partial charge is 0.259 e. The number of carbonyl (C=O) groups excluding carboxylic acids is 2. The van der Waals surface area contributed by atoms with Crippen molar-refractivity contribution in [2.45, 2.75) is 6.92 Å². The molecular weight excluding hydrogens is 442 g/mol. The van der Waals surface area contributed by atoms with Gasteiger partial charge in [0.15, 0.2) is 18.1 Å². The summed E-state index contributed by atoms with van der Waals surface area (Å²) >= 11 is 3.40. The minimum absolute atomic E-state index is 0.181. The zero-order chi connectivity index (χ0) is 21.2. The summed E-state index contributed by atoms with van der Waals surface area (Å²) in [6, 6.07) is 10.8. The van der Waals surface area contributed by atoms with E-state index in [1.165, 1.54) is 13.3 Å². The normalized spacial score (nSPS) is 10.5. The Labute approximate surface area is 177 Å². The number of hydrogen-bond donors (Lipinski definition) is 2. The Balaban J connectivity index is 1.79. The lowest BCUT2D eigenvalue weighted by Crippen LogP contribution is -2.37. The van der Waals surface area contributed by atoms with E-state index in [-0.39, 0.29) is 13.2 Å². The third kappa shape index (κ3) is 6.79. The Kier molecular flexibility index (Phi) is 8.47. The fourth-order valence-corrected chi connectivity index (χ4v) is 2.70. The van der Waals surface area contributed by atoms with Crippen LogP contribution in [0.1, 0.15) is 11.1 Å². The monoisotopic (exact) mass is 463 g/mol. The summed E-state index contributed by atoms with van der Waals surface area (Å²) in [5.74, 6) is 0.842. The van der Waals surface area contributed by atoms with E-state index in [1.807, 2.05) is 25.1 Å². The van der Waals surface area contributed by atoms with Crippen molar-refractivity contribution in [3.63, 3.8) is 0 Å². The lowest BCUT2D eigenvalue weighted by Gasteiger charge is -2.10. The lowest BCUT2D eigenvalue weighted by atomic mass is 10.2. The van der Waals surface area contributed by atoms with Gasteiger partial charge in [0, 0.05) is 10.0 Å². The number of hydrazone groups is 1. The highest BCUT2D eigenvalue weighted by Crippen LogP contribution is 2.32. The van der Waals surface area contributed by atoms with Crippen LogP contribution in [0.5, 0.6) is 17.2 Å². The molecule has 0 aliphatic carbocycles. The molecule has 2 rings (SSSR count). The number of halogens is 1. The van der Waals surface area contributed by atoms with Crippen molar-refractivity contribution in [2.75, 3.05) is 27.4 Å². The summed E-state index contributed by atoms with van der Waals surface area (Å²) in [5.41, 5.74) is 3.95. The van der Waals surface area contributed by atoms with Crippen LogP contribution >= 0.6 is 15.9 Å². The van der Waals surface area contributed by atoms with Gasteiger partial charge in [0.1, 0.15) is 5.75 Å². The van der Waals surface area contributed by atoms with E-state index >= 15 is 0 Å². The van der Waals surface area contributed by atoms with Crippen LogP contribution in [0, 0.1) is 6.92 Å². The number of hydrogen-bond acceptors (Lipinski definition) is 6. The van der Waals surface area contributed by atoms with Crippen molar-refractivity contribution in [3.05, 3.63) is 52.0 Å². The molecule has 154 valence electrons. The standard InChI is InChI=1S/C20H22BrN3O5/c1-13-6-4-5-7-16(13)29-12-20(26)22-11-19(25)24-23-10-14-8-17(27-2)18(28-3)9-15(14)21/h4-10H,11-12H2,1-3H3,(H,22,26)(H,24,25). The van der Waals surface area contributed by atoms with Gasteiger partial charge in [0.2, 0.25) is 0 Å². The molecule has 0 radical (unpaired) electrons. The minimum Gasteiger partial charge on any atom is -0.493 e. The van der Waals surface area contributed by atoms with Gasteiger partial charge in [0.05, 0.1) is 27.0 Å². The van der Waals surface area contributed by atoms with Crippen molar-refractivity contribution in [1.29, 1.82) is 0 Å². The van der Waals surface area contributed by atoms with Crippen LogP contribution in [-0.4, -0.2) is 45.4 Å². The summed E-state index contributed by atoms with van der Waals surface area (Å²) in [6.07, 6.45) is 1.45. The quantitative estimate of drug-likeness (QED) is 0.439. The van der Waals surface area contributed by atoms with E-state index in [4.69, 9.17) is 14.2 Å². The summed E-state index contributed by atoms with van der Waals surface area (Å²) in [5, 5.41) is 6.35. The van der Waals surface area contributed by atoms with Crippen molar-refractivity contribution >= 4 is 34.0 Å². The maximum absolute atomic E-state index is 11.8. The molecule has 2 aromatic carbocycles. The van der Waals surface area contributed by atoms with Gasteiger partial charge < -0.3 is 19.5 Å². The van der Waals surface area contributed by atoms with Crippen molar-refractivity contribution < 1.29 is 23.8 Å². The largest absolute Gasteiger partial charge is 0.493 e. The highest BCUT2D eigenvalue weighted by molar-refractivity contribution is 9.10. The fraction of sp³-hybridized carbons (Fsp3) is 0.250.